The van der Waals surface area contributed by atoms with Crippen molar-refractivity contribution in [3.8, 4) is 0 Å². The Morgan fingerprint density at radius 1 is 1.42 bits per heavy atom. The van der Waals surface area contributed by atoms with E-state index >= 15 is 0 Å². The zero-order valence-electron chi connectivity index (χ0n) is 11.5. The van der Waals surface area contributed by atoms with Gasteiger partial charge in [0.1, 0.15) is 0 Å². The molecule has 0 unspecified atom stereocenters. The summed E-state index contributed by atoms with van der Waals surface area (Å²) in [6.07, 6.45) is 6.65. The van der Waals surface area contributed by atoms with Gasteiger partial charge in [0.2, 0.25) is 5.95 Å². The Balaban J connectivity index is 1.88. The fraction of sp³-hybridized carbons (Fsp3) is 0.429. The smallest absolute Gasteiger partial charge is 0.203 e. The second-order valence-electron chi connectivity index (χ2n) is 4.43. The molecule has 2 aromatic rings. The van der Waals surface area contributed by atoms with Gasteiger partial charge in [0.05, 0.1) is 12.3 Å². The summed E-state index contributed by atoms with van der Waals surface area (Å²) in [4.78, 5) is 8.58. The summed E-state index contributed by atoms with van der Waals surface area (Å²) in [6.45, 7) is 4.34. The Kier molecular flexibility index (Phi) is 4.92. The predicted octanol–water partition coefficient (Wildman–Crippen LogP) is 1.89. The quantitative estimate of drug-likeness (QED) is 0.826. The molecule has 0 amide bonds. The number of hydrogen-bond donors (Lipinski definition) is 1. The fourth-order valence-electron chi connectivity index (χ4n) is 1.91. The van der Waals surface area contributed by atoms with Crippen LogP contribution in [0.5, 0.6) is 0 Å². The number of hydrogen-bond acceptors (Lipinski definition) is 4. The van der Waals surface area contributed by atoms with Crippen molar-refractivity contribution in [3.05, 3.63) is 42.0 Å². The average Bonchev–Trinajstić information content (AvgIpc) is 2.78. The lowest BCUT2D eigenvalue weighted by atomic mass is 10.2. The van der Waals surface area contributed by atoms with Crippen LogP contribution in [-0.4, -0.2) is 34.8 Å². The van der Waals surface area contributed by atoms with Crippen molar-refractivity contribution in [1.82, 2.24) is 14.5 Å². The molecule has 102 valence electrons. The minimum atomic E-state index is 0.688. The van der Waals surface area contributed by atoms with Crippen LogP contribution in [0.4, 0.5) is 5.95 Å². The first-order valence-electron chi connectivity index (χ1n) is 6.45. The lowest BCUT2D eigenvalue weighted by molar-refractivity contribution is 0.187. The monoisotopic (exact) mass is 260 g/mol. The summed E-state index contributed by atoms with van der Waals surface area (Å²) in [7, 11) is 1.71. The number of anilines is 1. The van der Waals surface area contributed by atoms with Crippen LogP contribution in [0, 0.1) is 6.92 Å². The van der Waals surface area contributed by atoms with E-state index in [0.717, 1.165) is 31.2 Å². The molecule has 2 aromatic heterocycles. The van der Waals surface area contributed by atoms with Crippen molar-refractivity contribution < 1.29 is 4.74 Å². The number of nitrogens with zero attached hydrogens (tertiary/aromatic N) is 3. The molecule has 0 radical (unpaired) electrons. The molecule has 5 heteroatoms. The molecular weight excluding hydrogens is 240 g/mol. The van der Waals surface area contributed by atoms with Gasteiger partial charge in [0, 0.05) is 38.8 Å². The molecule has 0 bridgehead atoms. The summed E-state index contributed by atoms with van der Waals surface area (Å²) in [5.74, 6) is 0.901. The number of ether oxygens (including phenoxy) is 1. The highest BCUT2D eigenvalue weighted by molar-refractivity contribution is 5.29. The first-order chi connectivity index (χ1) is 9.29. The van der Waals surface area contributed by atoms with E-state index in [4.69, 9.17) is 4.74 Å². The SMILES string of the molecule is COCCn1cc(C)nc1NCCc1cccnc1. The van der Waals surface area contributed by atoms with E-state index in [1.807, 2.05) is 25.4 Å². The molecule has 0 aliphatic carbocycles. The number of imidazole rings is 1. The number of nitrogens with one attached hydrogen (secondary N) is 1. The Morgan fingerprint density at radius 2 is 2.32 bits per heavy atom. The lowest BCUT2D eigenvalue weighted by Crippen LogP contribution is -2.12. The Hall–Kier alpha value is -1.88. The molecular formula is C14H20N4O. The van der Waals surface area contributed by atoms with Gasteiger partial charge in [-0.1, -0.05) is 6.07 Å². The molecule has 0 aliphatic rings. The van der Waals surface area contributed by atoms with Crippen LogP contribution >= 0.6 is 0 Å². The summed E-state index contributed by atoms with van der Waals surface area (Å²) in [6, 6.07) is 4.04. The maximum Gasteiger partial charge on any atom is 0.203 e. The molecule has 0 saturated carbocycles. The minimum absolute atomic E-state index is 0.688. The van der Waals surface area contributed by atoms with Crippen LogP contribution < -0.4 is 5.32 Å². The van der Waals surface area contributed by atoms with E-state index in [-0.39, 0.29) is 0 Å². The zero-order valence-corrected chi connectivity index (χ0v) is 11.5. The second kappa shape index (κ2) is 6.89. The van der Waals surface area contributed by atoms with Gasteiger partial charge in [-0.05, 0) is 25.0 Å². The largest absolute Gasteiger partial charge is 0.383 e. The molecule has 0 aromatic carbocycles. The van der Waals surface area contributed by atoms with E-state index in [2.05, 4.69) is 25.9 Å². The molecule has 0 fully saturated rings. The normalized spacial score (nSPS) is 10.6. The zero-order chi connectivity index (χ0) is 13.5. The van der Waals surface area contributed by atoms with Crippen LogP contribution in [0.1, 0.15) is 11.3 Å². The van der Waals surface area contributed by atoms with E-state index in [1.165, 1.54) is 5.56 Å². The van der Waals surface area contributed by atoms with E-state index < -0.39 is 0 Å². The molecule has 2 heterocycles. The van der Waals surface area contributed by atoms with Crippen LogP contribution in [0.25, 0.3) is 0 Å². The molecule has 0 atom stereocenters. The first kappa shape index (κ1) is 13.5. The van der Waals surface area contributed by atoms with Gasteiger partial charge in [-0.3, -0.25) is 4.98 Å². The van der Waals surface area contributed by atoms with Gasteiger partial charge in [-0.25, -0.2) is 4.98 Å². The predicted molar refractivity (Wildman–Crippen MR) is 75.3 cm³/mol. The third-order valence-electron chi connectivity index (χ3n) is 2.85. The van der Waals surface area contributed by atoms with Gasteiger partial charge in [-0.15, -0.1) is 0 Å². The van der Waals surface area contributed by atoms with Crippen LogP contribution in [0.3, 0.4) is 0 Å². The Bertz CT molecular complexity index is 495. The van der Waals surface area contributed by atoms with Crippen molar-refractivity contribution in [2.24, 2.45) is 0 Å². The second-order valence-corrected chi connectivity index (χ2v) is 4.43. The van der Waals surface area contributed by atoms with Gasteiger partial charge < -0.3 is 14.6 Å². The van der Waals surface area contributed by atoms with E-state index in [1.54, 1.807) is 13.3 Å². The number of rotatable bonds is 7. The Morgan fingerprint density at radius 3 is 3.05 bits per heavy atom. The highest BCUT2D eigenvalue weighted by Gasteiger charge is 2.04. The molecule has 2 rings (SSSR count). The lowest BCUT2D eigenvalue weighted by Gasteiger charge is -2.09. The number of aryl methyl sites for hydroxylation is 1. The van der Waals surface area contributed by atoms with E-state index in [9.17, 15) is 0 Å². The van der Waals surface area contributed by atoms with Gasteiger partial charge in [0.25, 0.3) is 0 Å². The molecule has 0 aliphatic heterocycles. The van der Waals surface area contributed by atoms with Crippen molar-refractivity contribution >= 4 is 5.95 Å². The van der Waals surface area contributed by atoms with Crippen LogP contribution in [0.15, 0.2) is 30.7 Å². The standard InChI is InChI=1S/C14H20N4O/c1-12-11-18(8-9-19-2)14(17-12)16-7-5-13-4-3-6-15-10-13/h3-4,6,10-11H,5,7-9H2,1-2H3,(H,16,17). The molecule has 0 spiro atoms. The highest BCUT2D eigenvalue weighted by Crippen LogP contribution is 2.08. The van der Waals surface area contributed by atoms with Gasteiger partial charge in [0.15, 0.2) is 0 Å². The Labute approximate surface area is 113 Å². The third kappa shape index (κ3) is 4.06. The third-order valence-corrected chi connectivity index (χ3v) is 2.85. The van der Waals surface area contributed by atoms with Crippen molar-refractivity contribution in [1.29, 1.82) is 0 Å². The highest BCUT2D eigenvalue weighted by atomic mass is 16.5. The van der Waals surface area contributed by atoms with Crippen molar-refractivity contribution in [3.63, 3.8) is 0 Å². The van der Waals surface area contributed by atoms with Crippen LogP contribution in [0.2, 0.25) is 0 Å². The summed E-state index contributed by atoms with van der Waals surface area (Å²) in [5, 5.41) is 3.36. The number of methoxy groups -OCH3 is 1. The maximum absolute atomic E-state index is 5.10. The first-order valence-corrected chi connectivity index (χ1v) is 6.45. The average molecular weight is 260 g/mol. The van der Waals surface area contributed by atoms with Crippen molar-refractivity contribution in [2.75, 3.05) is 25.6 Å². The molecule has 19 heavy (non-hydrogen) atoms. The summed E-state index contributed by atoms with van der Waals surface area (Å²) < 4.78 is 7.18. The maximum atomic E-state index is 5.10. The molecule has 0 saturated heterocycles. The van der Waals surface area contributed by atoms with Crippen molar-refractivity contribution in [2.45, 2.75) is 19.9 Å². The fourth-order valence-corrected chi connectivity index (χ4v) is 1.91. The summed E-state index contributed by atoms with van der Waals surface area (Å²) >= 11 is 0. The number of aromatic nitrogens is 3. The summed E-state index contributed by atoms with van der Waals surface area (Å²) in [5.41, 5.74) is 2.24. The van der Waals surface area contributed by atoms with Crippen LogP contribution in [-0.2, 0) is 17.7 Å². The van der Waals surface area contributed by atoms with E-state index in [0.29, 0.717) is 6.61 Å². The molecule has 5 nitrogen and oxygen atoms in total. The molecule has 1 N–H and O–H groups in total. The van der Waals surface area contributed by atoms with Gasteiger partial charge in [-0.2, -0.15) is 0 Å². The van der Waals surface area contributed by atoms with Gasteiger partial charge >= 0.3 is 0 Å². The topological polar surface area (TPSA) is 52.0 Å². The number of pyridine rings is 1. The minimum Gasteiger partial charge on any atom is -0.383 e.